The van der Waals surface area contributed by atoms with Crippen LogP contribution < -0.4 is 5.32 Å². The molecule has 0 saturated heterocycles. The van der Waals surface area contributed by atoms with Crippen LogP contribution in [0.3, 0.4) is 0 Å². The fourth-order valence-electron chi connectivity index (χ4n) is 2.29. The van der Waals surface area contributed by atoms with Gasteiger partial charge in [-0.1, -0.05) is 54.6 Å². The number of aliphatic hydroxyl groups is 2. The van der Waals surface area contributed by atoms with Crippen LogP contribution in [0, 0.1) is 0 Å². The first-order valence-electron chi connectivity index (χ1n) is 7.39. The Bertz CT molecular complexity index is 581. The van der Waals surface area contributed by atoms with E-state index in [4.69, 9.17) is 5.11 Å². The Kier molecular flexibility index (Phi) is 6.13. The van der Waals surface area contributed by atoms with Gasteiger partial charge in [0.2, 0.25) is 5.91 Å². The number of carbonyl (C=O) groups is 1. The summed E-state index contributed by atoms with van der Waals surface area (Å²) in [6, 6.07) is 18.1. The molecule has 0 spiro atoms. The zero-order valence-corrected chi connectivity index (χ0v) is 12.4. The van der Waals surface area contributed by atoms with Crippen LogP contribution in [0.5, 0.6) is 0 Å². The largest absolute Gasteiger partial charge is 0.395 e. The first kappa shape index (κ1) is 16.2. The van der Waals surface area contributed by atoms with E-state index in [0.29, 0.717) is 6.42 Å². The molecule has 0 bridgehead atoms. The molecule has 0 heterocycles. The van der Waals surface area contributed by atoms with Crippen molar-refractivity contribution in [3.63, 3.8) is 0 Å². The molecule has 0 fully saturated rings. The molecule has 0 aromatic heterocycles. The van der Waals surface area contributed by atoms with E-state index in [2.05, 4.69) is 17.4 Å². The summed E-state index contributed by atoms with van der Waals surface area (Å²) in [7, 11) is 0. The van der Waals surface area contributed by atoms with Crippen molar-refractivity contribution in [2.75, 3.05) is 13.2 Å². The van der Waals surface area contributed by atoms with E-state index in [0.717, 1.165) is 16.7 Å². The van der Waals surface area contributed by atoms with Crippen molar-refractivity contribution < 1.29 is 15.0 Å². The fraction of sp³-hybridized carbons (Fsp3) is 0.278. The van der Waals surface area contributed by atoms with Gasteiger partial charge in [-0.05, 0) is 23.1 Å². The van der Waals surface area contributed by atoms with Crippen LogP contribution in [0.4, 0.5) is 0 Å². The SMILES string of the molecule is O=C(C[C@@H](O)Cc1ccc(-c2ccccc2)cc1)NCCO. The molecule has 0 unspecified atom stereocenters. The zero-order valence-electron chi connectivity index (χ0n) is 12.4. The van der Waals surface area contributed by atoms with E-state index in [9.17, 15) is 9.90 Å². The number of amides is 1. The third-order valence-electron chi connectivity index (χ3n) is 3.39. The maximum Gasteiger partial charge on any atom is 0.222 e. The van der Waals surface area contributed by atoms with Crippen molar-refractivity contribution in [3.8, 4) is 11.1 Å². The highest BCUT2D eigenvalue weighted by Crippen LogP contribution is 2.19. The molecule has 2 rings (SSSR count). The van der Waals surface area contributed by atoms with E-state index >= 15 is 0 Å². The van der Waals surface area contributed by atoms with Crippen molar-refractivity contribution >= 4 is 5.91 Å². The number of hydrogen-bond donors (Lipinski definition) is 3. The molecule has 0 aliphatic heterocycles. The average molecular weight is 299 g/mol. The standard InChI is InChI=1S/C18H21NO3/c20-11-10-19-18(22)13-17(21)12-14-6-8-16(9-7-14)15-4-2-1-3-5-15/h1-9,17,20-21H,10-13H2,(H,19,22)/t17-/m0/s1. The highest BCUT2D eigenvalue weighted by atomic mass is 16.3. The second-order valence-electron chi connectivity index (χ2n) is 5.20. The Morgan fingerprint density at radius 3 is 2.27 bits per heavy atom. The number of rotatable bonds is 7. The molecule has 1 amide bonds. The summed E-state index contributed by atoms with van der Waals surface area (Å²) in [5.74, 6) is -0.248. The van der Waals surface area contributed by atoms with Crippen LogP contribution in [0.15, 0.2) is 54.6 Å². The Balaban J connectivity index is 1.90. The molecule has 0 aliphatic carbocycles. The van der Waals surface area contributed by atoms with Crippen molar-refractivity contribution in [2.24, 2.45) is 0 Å². The van der Waals surface area contributed by atoms with Crippen molar-refractivity contribution in [3.05, 3.63) is 60.2 Å². The number of carbonyl (C=O) groups excluding carboxylic acids is 1. The molecule has 4 nitrogen and oxygen atoms in total. The molecule has 0 aliphatic rings. The fourth-order valence-corrected chi connectivity index (χ4v) is 2.29. The van der Waals surface area contributed by atoms with E-state index in [1.807, 2.05) is 42.5 Å². The molecule has 2 aromatic rings. The lowest BCUT2D eigenvalue weighted by Crippen LogP contribution is -2.30. The minimum absolute atomic E-state index is 0.0421. The van der Waals surface area contributed by atoms with Gasteiger partial charge in [0.1, 0.15) is 0 Å². The first-order chi connectivity index (χ1) is 10.7. The van der Waals surface area contributed by atoms with Crippen LogP contribution >= 0.6 is 0 Å². The molecule has 2 aromatic carbocycles. The number of aliphatic hydroxyl groups excluding tert-OH is 2. The van der Waals surface area contributed by atoms with Gasteiger partial charge in [0, 0.05) is 6.54 Å². The normalized spacial score (nSPS) is 11.9. The van der Waals surface area contributed by atoms with Crippen molar-refractivity contribution in [1.29, 1.82) is 0 Å². The third-order valence-corrected chi connectivity index (χ3v) is 3.39. The van der Waals surface area contributed by atoms with Crippen LogP contribution in [0.1, 0.15) is 12.0 Å². The third kappa shape index (κ3) is 4.98. The second-order valence-corrected chi connectivity index (χ2v) is 5.20. The topological polar surface area (TPSA) is 69.6 Å². The van der Waals surface area contributed by atoms with Gasteiger partial charge >= 0.3 is 0 Å². The van der Waals surface area contributed by atoms with Gasteiger partial charge in [-0.25, -0.2) is 0 Å². The Labute approximate surface area is 130 Å². The van der Waals surface area contributed by atoms with Crippen LogP contribution in [-0.4, -0.2) is 35.4 Å². The van der Waals surface area contributed by atoms with Crippen LogP contribution in [0.2, 0.25) is 0 Å². The average Bonchev–Trinajstić information content (AvgIpc) is 2.54. The summed E-state index contributed by atoms with van der Waals surface area (Å²) in [4.78, 5) is 11.5. The summed E-state index contributed by atoms with van der Waals surface area (Å²) in [6.45, 7) is 0.125. The lowest BCUT2D eigenvalue weighted by molar-refractivity contribution is -0.123. The highest BCUT2D eigenvalue weighted by molar-refractivity contribution is 5.76. The summed E-state index contributed by atoms with van der Waals surface area (Å²) >= 11 is 0. The van der Waals surface area contributed by atoms with E-state index in [1.165, 1.54) is 0 Å². The highest BCUT2D eigenvalue weighted by Gasteiger charge is 2.11. The Morgan fingerprint density at radius 2 is 1.64 bits per heavy atom. The molecular weight excluding hydrogens is 278 g/mol. The van der Waals surface area contributed by atoms with Crippen LogP contribution in [0.25, 0.3) is 11.1 Å². The first-order valence-corrected chi connectivity index (χ1v) is 7.39. The Morgan fingerprint density at radius 1 is 1.00 bits per heavy atom. The predicted molar refractivity (Wildman–Crippen MR) is 86.3 cm³/mol. The lowest BCUT2D eigenvalue weighted by Gasteiger charge is -2.11. The smallest absolute Gasteiger partial charge is 0.222 e. The molecule has 116 valence electrons. The minimum Gasteiger partial charge on any atom is -0.395 e. The van der Waals surface area contributed by atoms with Gasteiger partial charge in [-0.2, -0.15) is 0 Å². The maximum atomic E-state index is 11.5. The van der Waals surface area contributed by atoms with Gasteiger partial charge in [0.05, 0.1) is 19.1 Å². The van der Waals surface area contributed by atoms with Gasteiger partial charge in [0.25, 0.3) is 0 Å². The maximum absolute atomic E-state index is 11.5. The minimum atomic E-state index is -0.721. The molecule has 0 saturated carbocycles. The van der Waals surface area contributed by atoms with Crippen LogP contribution in [-0.2, 0) is 11.2 Å². The molecule has 4 heteroatoms. The number of benzene rings is 2. The Hall–Kier alpha value is -2.17. The molecular formula is C18H21NO3. The second kappa shape index (κ2) is 8.32. The van der Waals surface area contributed by atoms with E-state index in [1.54, 1.807) is 0 Å². The number of hydrogen-bond acceptors (Lipinski definition) is 3. The monoisotopic (exact) mass is 299 g/mol. The van der Waals surface area contributed by atoms with Crippen molar-refractivity contribution in [2.45, 2.75) is 18.9 Å². The van der Waals surface area contributed by atoms with E-state index < -0.39 is 6.10 Å². The van der Waals surface area contributed by atoms with Gasteiger partial charge in [-0.3, -0.25) is 4.79 Å². The predicted octanol–water partition coefficient (Wildman–Crippen LogP) is 1.76. The summed E-state index contributed by atoms with van der Waals surface area (Å²) in [5.41, 5.74) is 3.26. The van der Waals surface area contributed by atoms with E-state index in [-0.39, 0.29) is 25.5 Å². The quantitative estimate of drug-likeness (QED) is 0.729. The summed E-state index contributed by atoms with van der Waals surface area (Å²) in [6.07, 6.45) is -0.247. The molecule has 1 atom stereocenters. The number of nitrogens with one attached hydrogen (secondary N) is 1. The van der Waals surface area contributed by atoms with Gasteiger partial charge in [-0.15, -0.1) is 0 Å². The molecule has 0 radical (unpaired) electrons. The summed E-state index contributed by atoms with van der Waals surface area (Å²) < 4.78 is 0. The lowest BCUT2D eigenvalue weighted by atomic mass is 10.0. The molecule has 3 N–H and O–H groups in total. The summed E-state index contributed by atoms with van der Waals surface area (Å²) in [5, 5.41) is 21.1. The van der Waals surface area contributed by atoms with Crippen molar-refractivity contribution in [1.82, 2.24) is 5.32 Å². The van der Waals surface area contributed by atoms with Gasteiger partial charge < -0.3 is 15.5 Å². The molecule has 22 heavy (non-hydrogen) atoms. The van der Waals surface area contributed by atoms with Gasteiger partial charge in [0.15, 0.2) is 0 Å². The zero-order chi connectivity index (χ0) is 15.8.